The number of rotatable bonds is 5. The molecular weight excluding hydrogens is 311 g/mol. The first-order valence-electron chi connectivity index (χ1n) is 5.89. The van der Waals surface area contributed by atoms with Crippen LogP contribution in [0.25, 0.3) is 0 Å². The number of hydrogen-bond donors (Lipinski definition) is 1. The summed E-state index contributed by atoms with van der Waals surface area (Å²) in [5.74, 6) is -0.777. The van der Waals surface area contributed by atoms with Crippen molar-refractivity contribution in [1.82, 2.24) is 4.72 Å². The minimum absolute atomic E-state index is 0.368. The molecular formula is C12H14F3NO4S. The molecule has 0 saturated heterocycles. The third-order valence-electron chi connectivity index (χ3n) is 2.27. The van der Waals surface area contributed by atoms with E-state index >= 15 is 0 Å². The number of carbonyl (C=O) groups is 1. The van der Waals surface area contributed by atoms with Gasteiger partial charge in [-0.25, -0.2) is 8.42 Å². The van der Waals surface area contributed by atoms with Crippen LogP contribution in [0.4, 0.5) is 13.2 Å². The van der Waals surface area contributed by atoms with Crippen molar-refractivity contribution in [2.75, 3.05) is 6.54 Å². The molecule has 21 heavy (non-hydrogen) atoms. The summed E-state index contributed by atoms with van der Waals surface area (Å²) in [7, 11) is -4.07. The van der Waals surface area contributed by atoms with Gasteiger partial charge in [-0.3, -0.25) is 4.79 Å². The van der Waals surface area contributed by atoms with E-state index < -0.39 is 40.4 Å². The summed E-state index contributed by atoms with van der Waals surface area (Å²) < 4.78 is 67.3. The standard InChI is InChI=1S/C12H14F3NO4S/c1-8(2)20-11(17)7-16-21(18,19)10-5-3-9(4-6-10)12(13,14)15/h3-6,8,16H,7H2,1-2H3. The molecule has 1 aromatic rings. The number of hydrogen-bond acceptors (Lipinski definition) is 4. The van der Waals surface area contributed by atoms with Gasteiger partial charge in [0.05, 0.1) is 16.6 Å². The highest BCUT2D eigenvalue weighted by Gasteiger charge is 2.30. The molecule has 0 saturated carbocycles. The average molecular weight is 325 g/mol. The van der Waals surface area contributed by atoms with E-state index in [0.29, 0.717) is 12.1 Å². The van der Waals surface area contributed by atoms with Crippen LogP contribution in [-0.4, -0.2) is 27.0 Å². The molecule has 0 amide bonds. The minimum atomic E-state index is -4.54. The van der Waals surface area contributed by atoms with E-state index in [0.717, 1.165) is 12.1 Å². The smallest absolute Gasteiger partial charge is 0.416 e. The van der Waals surface area contributed by atoms with Gasteiger partial charge in [-0.2, -0.15) is 17.9 Å². The van der Waals surface area contributed by atoms with Crippen LogP contribution in [0.5, 0.6) is 0 Å². The largest absolute Gasteiger partial charge is 0.462 e. The van der Waals surface area contributed by atoms with Crippen molar-refractivity contribution in [3.63, 3.8) is 0 Å². The quantitative estimate of drug-likeness (QED) is 0.840. The predicted molar refractivity (Wildman–Crippen MR) is 67.9 cm³/mol. The Hall–Kier alpha value is -1.61. The zero-order valence-corrected chi connectivity index (χ0v) is 12.1. The lowest BCUT2D eigenvalue weighted by molar-refractivity contribution is -0.145. The van der Waals surface area contributed by atoms with Gasteiger partial charge in [-0.05, 0) is 38.1 Å². The van der Waals surface area contributed by atoms with Crippen molar-refractivity contribution in [2.45, 2.75) is 31.0 Å². The summed E-state index contributed by atoms with van der Waals surface area (Å²) in [6, 6.07) is 2.94. The van der Waals surface area contributed by atoms with Gasteiger partial charge in [-0.15, -0.1) is 0 Å². The first-order valence-corrected chi connectivity index (χ1v) is 7.37. The van der Waals surface area contributed by atoms with Crippen LogP contribution in [0.2, 0.25) is 0 Å². The highest BCUT2D eigenvalue weighted by Crippen LogP contribution is 2.29. The highest BCUT2D eigenvalue weighted by molar-refractivity contribution is 7.89. The number of halogens is 3. The van der Waals surface area contributed by atoms with Gasteiger partial charge in [0, 0.05) is 0 Å². The lowest BCUT2D eigenvalue weighted by Crippen LogP contribution is -2.31. The number of alkyl halides is 3. The molecule has 0 aliphatic carbocycles. The Kier molecular flexibility index (Phi) is 5.35. The van der Waals surface area contributed by atoms with E-state index in [4.69, 9.17) is 4.74 Å². The summed E-state index contributed by atoms with van der Waals surface area (Å²) in [6.45, 7) is 2.60. The number of carbonyl (C=O) groups excluding carboxylic acids is 1. The molecule has 0 aliphatic heterocycles. The zero-order chi connectivity index (χ0) is 16.3. The highest BCUT2D eigenvalue weighted by atomic mass is 32.2. The molecule has 9 heteroatoms. The molecule has 0 spiro atoms. The summed E-state index contributed by atoms with van der Waals surface area (Å²) in [4.78, 5) is 10.9. The normalized spacial score (nSPS) is 12.5. The van der Waals surface area contributed by atoms with Crippen molar-refractivity contribution in [1.29, 1.82) is 0 Å². The maximum absolute atomic E-state index is 12.4. The zero-order valence-electron chi connectivity index (χ0n) is 11.3. The van der Waals surface area contributed by atoms with Gasteiger partial charge in [0.1, 0.15) is 6.54 Å². The Bertz CT molecular complexity index is 594. The summed E-state index contributed by atoms with van der Waals surface area (Å²) in [5.41, 5.74) is -0.958. The third-order valence-corrected chi connectivity index (χ3v) is 3.68. The Morgan fingerprint density at radius 3 is 2.19 bits per heavy atom. The van der Waals surface area contributed by atoms with E-state index in [1.54, 1.807) is 13.8 Å². The molecule has 0 atom stereocenters. The van der Waals surface area contributed by atoms with Gasteiger partial charge in [0.2, 0.25) is 10.0 Å². The number of nitrogens with one attached hydrogen (secondary N) is 1. The van der Waals surface area contributed by atoms with Gasteiger partial charge in [0.25, 0.3) is 0 Å². The first-order chi connectivity index (χ1) is 9.52. The van der Waals surface area contributed by atoms with Crippen LogP contribution in [-0.2, 0) is 25.7 Å². The van der Waals surface area contributed by atoms with Gasteiger partial charge in [-0.1, -0.05) is 0 Å². The molecule has 0 radical (unpaired) electrons. The molecule has 0 aromatic heterocycles. The molecule has 0 fully saturated rings. The Labute approximate surface area is 120 Å². The SMILES string of the molecule is CC(C)OC(=O)CNS(=O)(=O)c1ccc(C(F)(F)F)cc1. The number of benzene rings is 1. The monoisotopic (exact) mass is 325 g/mol. The molecule has 0 unspecified atom stereocenters. The van der Waals surface area contributed by atoms with E-state index in [9.17, 15) is 26.4 Å². The maximum atomic E-state index is 12.4. The van der Waals surface area contributed by atoms with Crippen LogP contribution in [0.3, 0.4) is 0 Å². The molecule has 0 heterocycles. The fourth-order valence-electron chi connectivity index (χ4n) is 1.36. The Balaban J connectivity index is 2.77. The van der Waals surface area contributed by atoms with Crippen LogP contribution >= 0.6 is 0 Å². The molecule has 1 aromatic carbocycles. The van der Waals surface area contributed by atoms with Gasteiger partial charge in [0.15, 0.2) is 0 Å². The van der Waals surface area contributed by atoms with E-state index in [2.05, 4.69) is 0 Å². The van der Waals surface area contributed by atoms with E-state index in [-0.39, 0.29) is 4.90 Å². The summed E-state index contributed by atoms with van der Waals surface area (Å²) >= 11 is 0. The third kappa shape index (κ3) is 5.35. The molecule has 1 rings (SSSR count). The summed E-state index contributed by atoms with van der Waals surface area (Å²) in [5, 5.41) is 0. The fourth-order valence-corrected chi connectivity index (χ4v) is 2.33. The first kappa shape index (κ1) is 17.4. The average Bonchev–Trinajstić information content (AvgIpc) is 2.35. The second kappa shape index (κ2) is 6.44. The van der Waals surface area contributed by atoms with Crippen molar-refractivity contribution >= 4 is 16.0 Å². The Morgan fingerprint density at radius 2 is 1.76 bits per heavy atom. The summed E-state index contributed by atoms with van der Waals surface area (Å²) in [6.07, 6.45) is -4.94. The predicted octanol–water partition coefficient (Wildman–Crippen LogP) is 1.94. The molecule has 118 valence electrons. The van der Waals surface area contributed by atoms with E-state index in [1.807, 2.05) is 4.72 Å². The van der Waals surface area contributed by atoms with Crippen LogP contribution in [0.1, 0.15) is 19.4 Å². The molecule has 5 nitrogen and oxygen atoms in total. The number of sulfonamides is 1. The lowest BCUT2D eigenvalue weighted by Gasteiger charge is -2.10. The second-order valence-corrected chi connectivity index (χ2v) is 6.15. The molecule has 0 bridgehead atoms. The lowest BCUT2D eigenvalue weighted by atomic mass is 10.2. The minimum Gasteiger partial charge on any atom is -0.462 e. The van der Waals surface area contributed by atoms with Crippen LogP contribution < -0.4 is 4.72 Å². The van der Waals surface area contributed by atoms with Crippen molar-refractivity contribution in [2.24, 2.45) is 0 Å². The maximum Gasteiger partial charge on any atom is 0.416 e. The van der Waals surface area contributed by atoms with Gasteiger partial charge < -0.3 is 4.74 Å². The number of esters is 1. The van der Waals surface area contributed by atoms with Crippen molar-refractivity contribution < 1.29 is 31.1 Å². The van der Waals surface area contributed by atoms with Crippen molar-refractivity contribution in [3.05, 3.63) is 29.8 Å². The van der Waals surface area contributed by atoms with Gasteiger partial charge >= 0.3 is 12.1 Å². The molecule has 0 aliphatic rings. The van der Waals surface area contributed by atoms with Crippen LogP contribution in [0.15, 0.2) is 29.2 Å². The van der Waals surface area contributed by atoms with Crippen LogP contribution in [0, 0.1) is 0 Å². The molecule has 1 N–H and O–H groups in total. The second-order valence-electron chi connectivity index (χ2n) is 4.39. The Morgan fingerprint density at radius 1 is 1.24 bits per heavy atom. The van der Waals surface area contributed by atoms with Crippen molar-refractivity contribution in [3.8, 4) is 0 Å². The number of ether oxygens (including phenoxy) is 1. The van der Waals surface area contributed by atoms with E-state index in [1.165, 1.54) is 0 Å². The topological polar surface area (TPSA) is 72.5 Å². The fraction of sp³-hybridized carbons (Fsp3) is 0.417.